The average Bonchev–Trinajstić information content (AvgIpc) is 2.92. The van der Waals surface area contributed by atoms with Gasteiger partial charge in [0.15, 0.2) is 6.73 Å². The molecule has 0 fully saturated rings. The Morgan fingerprint density at radius 2 is 1.90 bits per heavy atom. The first kappa shape index (κ1) is 11.8. The number of ether oxygens (including phenoxy) is 1. The minimum Gasteiger partial charge on any atom is -0.471 e. The molecule has 0 N–H and O–H groups in total. The van der Waals surface area contributed by atoms with Crippen LogP contribution in [0.5, 0.6) is 5.75 Å². The van der Waals surface area contributed by atoms with Crippen LogP contribution in [0.25, 0.3) is 0 Å². The number of halogens is 1. The molecule has 0 saturated heterocycles. The van der Waals surface area contributed by atoms with Crippen LogP contribution in [0, 0.1) is 0 Å². The van der Waals surface area contributed by atoms with Crippen molar-refractivity contribution in [3.8, 4) is 5.75 Å². The van der Waals surface area contributed by atoms with Crippen LogP contribution in [0.4, 0.5) is 0 Å². The summed E-state index contributed by atoms with van der Waals surface area (Å²) < 4.78 is 5.74. The first-order chi connectivity index (χ1) is 9.81. The molecule has 0 bridgehead atoms. The van der Waals surface area contributed by atoms with E-state index in [0.717, 1.165) is 28.5 Å². The fraction of sp³-hybridized carbons (Fsp3) is 0.188. The summed E-state index contributed by atoms with van der Waals surface area (Å²) in [5.41, 5.74) is 3.43. The summed E-state index contributed by atoms with van der Waals surface area (Å²) >= 11 is 5.94. The van der Waals surface area contributed by atoms with Crippen LogP contribution in [0.3, 0.4) is 0 Å². The number of hydrogen-bond acceptors (Lipinski definition) is 3. The van der Waals surface area contributed by atoms with Gasteiger partial charge in [0.25, 0.3) is 0 Å². The Kier molecular flexibility index (Phi) is 2.67. The lowest BCUT2D eigenvalue weighted by Crippen LogP contribution is -2.29. The molecule has 4 heteroatoms. The molecule has 3 nitrogen and oxygen atoms in total. The van der Waals surface area contributed by atoms with E-state index in [1.807, 2.05) is 47.5 Å². The molecule has 2 heterocycles. The topological polar surface area (TPSA) is 24.8 Å². The van der Waals surface area contributed by atoms with Gasteiger partial charge in [-0.05, 0) is 23.8 Å². The van der Waals surface area contributed by atoms with E-state index in [1.165, 1.54) is 5.56 Å². The Balaban J connectivity index is 1.67. The van der Waals surface area contributed by atoms with Crippen molar-refractivity contribution in [2.75, 3.05) is 6.73 Å². The van der Waals surface area contributed by atoms with E-state index in [0.29, 0.717) is 6.73 Å². The second-order valence-corrected chi connectivity index (χ2v) is 5.46. The quantitative estimate of drug-likeness (QED) is 0.795. The minimum absolute atomic E-state index is 0.283. The average molecular weight is 285 g/mol. The van der Waals surface area contributed by atoms with Crippen molar-refractivity contribution in [1.82, 2.24) is 5.01 Å². The smallest absolute Gasteiger partial charge is 0.177 e. The molecule has 0 spiro atoms. The lowest BCUT2D eigenvalue weighted by atomic mass is 9.97. The zero-order valence-corrected chi connectivity index (χ0v) is 11.5. The van der Waals surface area contributed by atoms with Gasteiger partial charge in [-0.25, -0.2) is 0 Å². The SMILES string of the molecule is Clc1ccc(C2=NN3COc4ccccc4[C@@H]3C2)cc1. The van der Waals surface area contributed by atoms with E-state index in [9.17, 15) is 0 Å². The van der Waals surface area contributed by atoms with Gasteiger partial charge in [0, 0.05) is 17.0 Å². The van der Waals surface area contributed by atoms with E-state index in [2.05, 4.69) is 6.07 Å². The molecule has 2 aliphatic rings. The van der Waals surface area contributed by atoms with E-state index in [4.69, 9.17) is 21.4 Å². The monoisotopic (exact) mass is 284 g/mol. The number of fused-ring (bicyclic) bond motifs is 3. The number of nitrogens with zero attached hydrogens (tertiary/aromatic N) is 2. The molecular formula is C16H13ClN2O. The highest BCUT2D eigenvalue weighted by atomic mass is 35.5. The van der Waals surface area contributed by atoms with E-state index in [1.54, 1.807) is 0 Å². The van der Waals surface area contributed by atoms with Gasteiger partial charge >= 0.3 is 0 Å². The summed E-state index contributed by atoms with van der Waals surface area (Å²) in [4.78, 5) is 0. The van der Waals surface area contributed by atoms with E-state index < -0.39 is 0 Å². The Morgan fingerprint density at radius 1 is 1.10 bits per heavy atom. The van der Waals surface area contributed by atoms with Crippen LogP contribution in [0.15, 0.2) is 53.6 Å². The van der Waals surface area contributed by atoms with E-state index >= 15 is 0 Å². The fourth-order valence-corrected chi connectivity index (χ4v) is 2.91. The van der Waals surface area contributed by atoms with Crippen LogP contribution in [0.2, 0.25) is 5.02 Å². The molecule has 0 aliphatic carbocycles. The Labute approximate surface area is 122 Å². The molecule has 0 aromatic heterocycles. The molecule has 0 radical (unpaired) electrons. The molecule has 1 atom stereocenters. The van der Waals surface area contributed by atoms with Gasteiger partial charge in [-0.3, -0.25) is 5.01 Å². The molecule has 0 saturated carbocycles. The number of hydrazone groups is 1. The Hall–Kier alpha value is -2.00. The van der Waals surface area contributed by atoms with Gasteiger partial charge in [0.2, 0.25) is 0 Å². The molecule has 0 unspecified atom stereocenters. The summed E-state index contributed by atoms with van der Waals surface area (Å²) in [7, 11) is 0. The van der Waals surface area contributed by atoms with Crippen molar-refractivity contribution < 1.29 is 4.74 Å². The minimum atomic E-state index is 0.283. The van der Waals surface area contributed by atoms with Gasteiger partial charge in [-0.2, -0.15) is 5.10 Å². The first-order valence-electron chi connectivity index (χ1n) is 6.63. The second kappa shape index (κ2) is 4.53. The normalized spacial score (nSPS) is 19.9. The zero-order valence-electron chi connectivity index (χ0n) is 10.8. The van der Waals surface area contributed by atoms with Crippen LogP contribution in [-0.4, -0.2) is 17.5 Å². The number of rotatable bonds is 1. The van der Waals surface area contributed by atoms with Crippen molar-refractivity contribution in [3.05, 3.63) is 64.7 Å². The highest BCUT2D eigenvalue weighted by Crippen LogP contribution is 2.40. The third-order valence-corrected chi connectivity index (χ3v) is 4.06. The molecule has 2 aromatic rings. The largest absolute Gasteiger partial charge is 0.471 e. The number of para-hydroxylation sites is 1. The summed E-state index contributed by atoms with van der Waals surface area (Å²) in [6.45, 7) is 0.513. The lowest BCUT2D eigenvalue weighted by molar-refractivity contribution is 0.0750. The molecule has 2 aliphatic heterocycles. The standard InChI is InChI=1S/C16H13ClN2O/c17-12-7-5-11(6-8-12)14-9-15-13-3-1-2-4-16(13)20-10-19(15)18-14/h1-8,15H,9-10H2/t15-/m0/s1. The van der Waals surface area contributed by atoms with Crippen molar-refractivity contribution in [2.45, 2.75) is 12.5 Å². The number of hydrogen-bond donors (Lipinski definition) is 0. The zero-order chi connectivity index (χ0) is 13.5. The molecule has 2 aromatic carbocycles. The third-order valence-electron chi connectivity index (χ3n) is 3.80. The van der Waals surface area contributed by atoms with Crippen molar-refractivity contribution in [1.29, 1.82) is 0 Å². The predicted octanol–water partition coefficient (Wildman–Crippen LogP) is 3.84. The van der Waals surface area contributed by atoms with Crippen molar-refractivity contribution >= 4 is 17.3 Å². The van der Waals surface area contributed by atoms with Crippen LogP contribution in [-0.2, 0) is 0 Å². The van der Waals surface area contributed by atoms with Crippen LogP contribution in [0.1, 0.15) is 23.6 Å². The number of benzene rings is 2. The summed E-state index contributed by atoms with van der Waals surface area (Å²) in [5.74, 6) is 0.973. The fourth-order valence-electron chi connectivity index (χ4n) is 2.78. The summed E-state index contributed by atoms with van der Waals surface area (Å²) in [5, 5.41) is 7.46. The van der Waals surface area contributed by atoms with Gasteiger partial charge < -0.3 is 4.74 Å². The van der Waals surface area contributed by atoms with Gasteiger partial charge in [-0.1, -0.05) is 41.9 Å². The molecule has 4 rings (SSSR count). The van der Waals surface area contributed by atoms with Gasteiger partial charge in [-0.15, -0.1) is 0 Å². The third kappa shape index (κ3) is 1.86. The summed E-state index contributed by atoms with van der Waals surface area (Å²) in [6.07, 6.45) is 0.905. The predicted molar refractivity (Wildman–Crippen MR) is 79.1 cm³/mol. The van der Waals surface area contributed by atoms with Crippen molar-refractivity contribution in [3.63, 3.8) is 0 Å². The highest BCUT2D eigenvalue weighted by molar-refractivity contribution is 6.30. The van der Waals surface area contributed by atoms with E-state index in [-0.39, 0.29) is 6.04 Å². The van der Waals surface area contributed by atoms with Crippen molar-refractivity contribution in [2.24, 2.45) is 5.10 Å². The van der Waals surface area contributed by atoms with Crippen LogP contribution < -0.4 is 4.74 Å². The van der Waals surface area contributed by atoms with Gasteiger partial charge in [0.05, 0.1) is 11.8 Å². The molecule has 20 heavy (non-hydrogen) atoms. The summed E-state index contributed by atoms with van der Waals surface area (Å²) in [6, 6.07) is 16.3. The maximum atomic E-state index is 5.94. The second-order valence-electron chi connectivity index (χ2n) is 5.02. The molecule has 0 amide bonds. The lowest BCUT2D eigenvalue weighted by Gasteiger charge is -2.30. The first-order valence-corrected chi connectivity index (χ1v) is 7.01. The Bertz CT molecular complexity index is 681. The molecular weight excluding hydrogens is 272 g/mol. The molecule has 100 valence electrons. The Morgan fingerprint density at radius 3 is 2.75 bits per heavy atom. The maximum Gasteiger partial charge on any atom is 0.177 e. The maximum absolute atomic E-state index is 5.94. The van der Waals surface area contributed by atoms with Crippen LogP contribution >= 0.6 is 11.6 Å². The van der Waals surface area contributed by atoms with Gasteiger partial charge in [0.1, 0.15) is 5.75 Å². The highest BCUT2D eigenvalue weighted by Gasteiger charge is 2.33.